The van der Waals surface area contributed by atoms with Crippen LogP contribution in [0.4, 0.5) is 17.2 Å². The first-order valence-corrected chi connectivity index (χ1v) is 11.1. The molecule has 0 bridgehead atoms. The molecule has 1 aliphatic rings. The predicted molar refractivity (Wildman–Crippen MR) is 134 cm³/mol. The standard InChI is InChI=1S/C28H24N4O2/c1-29-24-12-6-5-11-23(24)27(33)31-26-15-14-21(17-30-26)28(34)32-18-22-10-3-2-8-19(22)16-20-9-4-7-13-25(20)32/h2-15,17,29H,16,18H2,1H3,(H,30,31,33). The van der Waals surface area contributed by atoms with Crippen molar-refractivity contribution in [3.8, 4) is 0 Å². The average Bonchev–Trinajstić information content (AvgIpc) is 3.05. The highest BCUT2D eigenvalue weighted by Crippen LogP contribution is 2.31. The van der Waals surface area contributed by atoms with Crippen LogP contribution in [0.5, 0.6) is 0 Å². The van der Waals surface area contributed by atoms with Gasteiger partial charge in [0.15, 0.2) is 0 Å². The molecule has 0 saturated heterocycles. The summed E-state index contributed by atoms with van der Waals surface area (Å²) in [5, 5.41) is 5.81. The minimum atomic E-state index is -0.269. The van der Waals surface area contributed by atoms with E-state index in [-0.39, 0.29) is 11.8 Å². The second-order valence-electron chi connectivity index (χ2n) is 8.15. The second-order valence-corrected chi connectivity index (χ2v) is 8.15. The molecule has 0 unspecified atom stereocenters. The zero-order chi connectivity index (χ0) is 23.5. The minimum Gasteiger partial charge on any atom is -0.387 e. The monoisotopic (exact) mass is 448 g/mol. The maximum atomic E-state index is 13.6. The number of hydrogen-bond acceptors (Lipinski definition) is 4. The number of carbonyl (C=O) groups is 2. The Balaban J connectivity index is 1.39. The third-order valence-corrected chi connectivity index (χ3v) is 6.05. The highest BCUT2D eigenvalue weighted by atomic mass is 16.2. The fraction of sp³-hybridized carbons (Fsp3) is 0.107. The largest absolute Gasteiger partial charge is 0.387 e. The lowest BCUT2D eigenvalue weighted by atomic mass is 10.0. The average molecular weight is 449 g/mol. The first-order valence-electron chi connectivity index (χ1n) is 11.1. The first-order chi connectivity index (χ1) is 16.6. The Morgan fingerprint density at radius 2 is 1.53 bits per heavy atom. The van der Waals surface area contributed by atoms with Gasteiger partial charge in [0.05, 0.1) is 17.7 Å². The van der Waals surface area contributed by atoms with Crippen molar-refractivity contribution in [2.75, 3.05) is 22.6 Å². The molecule has 168 valence electrons. The highest BCUT2D eigenvalue weighted by Gasteiger charge is 2.25. The maximum Gasteiger partial charge on any atom is 0.260 e. The number of anilines is 3. The summed E-state index contributed by atoms with van der Waals surface area (Å²) in [6.07, 6.45) is 2.30. The predicted octanol–water partition coefficient (Wildman–Crippen LogP) is 5.13. The van der Waals surface area contributed by atoms with Gasteiger partial charge in [0.25, 0.3) is 11.8 Å². The number of nitrogens with zero attached hydrogens (tertiary/aromatic N) is 2. The summed E-state index contributed by atoms with van der Waals surface area (Å²) in [6, 6.07) is 26.8. The summed E-state index contributed by atoms with van der Waals surface area (Å²) in [6.45, 7) is 0.491. The molecule has 5 rings (SSSR count). The van der Waals surface area contributed by atoms with Gasteiger partial charge in [-0.2, -0.15) is 0 Å². The molecule has 6 heteroatoms. The highest BCUT2D eigenvalue weighted by molar-refractivity contribution is 6.08. The van der Waals surface area contributed by atoms with Crippen molar-refractivity contribution in [3.05, 3.63) is 119 Å². The third kappa shape index (κ3) is 4.13. The van der Waals surface area contributed by atoms with Crippen molar-refractivity contribution in [3.63, 3.8) is 0 Å². The van der Waals surface area contributed by atoms with E-state index in [0.717, 1.165) is 28.9 Å². The van der Waals surface area contributed by atoms with Crippen molar-refractivity contribution >= 4 is 29.0 Å². The number of carbonyl (C=O) groups excluding carboxylic acids is 2. The summed E-state index contributed by atoms with van der Waals surface area (Å²) in [5.74, 6) is -0.0151. The minimum absolute atomic E-state index is 0.130. The molecule has 4 aromatic rings. The molecule has 2 heterocycles. The van der Waals surface area contributed by atoms with Gasteiger partial charge in [0, 0.05) is 24.6 Å². The SMILES string of the molecule is CNc1ccccc1C(=O)Nc1ccc(C(=O)N2Cc3ccccc3Cc3ccccc32)cn1. The van der Waals surface area contributed by atoms with E-state index in [9.17, 15) is 9.59 Å². The maximum absolute atomic E-state index is 13.6. The van der Waals surface area contributed by atoms with Crippen molar-refractivity contribution < 1.29 is 9.59 Å². The van der Waals surface area contributed by atoms with Crippen molar-refractivity contribution in [2.24, 2.45) is 0 Å². The lowest BCUT2D eigenvalue weighted by molar-refractivity contribution is 0.0984. The van der Waals surface area contributed by atoms with Gasteiger partial charge < -0.3 is 15.5 Å². The molecular weight excluding hydrogens is 424 g/mol. The van der Waals surface area contributed by atoms with Crippen LogP contribution in [0.15, 0.2) is 91.1 Å². The molecule has 1 aromatic heterocycles. The van der Waals surface area contributed by atoms with E-state index < -0.39 is 0 Å². The number of fused-ring (bicyclic) bond motifs is 2. The lowest BCUT2D eigenvalue weighted by Crippen LogP contribution is -2.30. The van der Waals surface area contributed by atoms with Gasteiger partial charge >= 0.3 is 0 Å². The zero-order valence-electron chi connectivity index (χ0n) is 18.8. The molecule has 0 saturated carbocycles. The van der Waals surface area contributed by atoms with E-state index >= 15 is 0 Å². The molecule has 3 aromatic carbocycles. The van der Waals surface area contributed by atoms with Crippen LogP contribution in [0.3, 0.4) is 0 Å². The molecule has 0 fully saturated rings. The fourth-order valence-electron chi connectivity index (χ4n) is 4.28. The number of rotatable bonds is 4. The van der Waals surface area contributed by atoms with E-state index in [1.807, 2.05) is 48.5 Å². The smallest absolute Gasteiger partial charge is 0.260 e. The van der Waals surface area contributed by atoms with Gasteiger partial charge in [-0.3, -0.25) is 9.59 Å². The summed E-state index contributed by atoms with van der Waals surface area (Å²) in [5.41, 5.74) is 6.09. The van der Waals surface area contributed by atoms with E-state index in [1.54, 1.807) is 30.1 Å². The molecule has 0 spiro atoms. The molecule has 1 aliphatic heterocycles. The molecular formula is C28H24N4O2. The normalized spacial score (nSPS) is 12.2. The quantitative estimate of drug-likeness (QED) is 0.454. The van der Waals surface area contributed by atoms with Gasteiger partial charge in [0.2, 0.25) is 0 Å². The molecule has 2 amide bonds. The number of aromatic nitrogens is 1. The van der Waals surface area contributed by atoms with E-state index in [2.05, 4.69) is 33.8 Å². The van der Waals surface area contributed by atoms with E-state index in [0.29, 0.717) is 23.5 Å². The van der Waals surface area contributed by atoms with Crippen LogP contribution < -0.4 is 15.5 Å². The third-order valence-electron chi connectivity index (χ3n) is 6.05. The molecule has 0 radical (unpaired) electrons. The first kappa shape index (κ1) is 21.4. The van der Waals surface area contributed by atoms with Crippen LogP contribution in [-0.4, -0.2) is 23.8 Å². The van der Waals surface area contributed by atoms with E-state index in [1.165, 1.54) is 11.8 Å². The number of nitrogens with one attached hydrogen (secondary N) is 2. The molecule has 34 heavy (non-hydrogen) atoms. The van der Waals surface area contributed by atoms with Gasteiger partial charge in [-0.05, 0) is 53.4 Å². The molecule has 2 N–H and O–H groups in total. The van der Waals surface area contributed by atoms with Crippen molar-refractivity contribution in [1.82, 2.24) is 4.98 Å². The number of pyridine rings is 1. The number of amides is 2. The fourth-order valence-corrected chi connectivity index (χ4v) is 4.28. The van der Waals surface area contributed by atoms with Crippen LogP contribution in [0.1, 0.15) is 37.4 Å². The topological polar surface area (TPSA) is 74.3 Å². The second kappa shape index (κ2) is 9.19. The Labute approximate surface area is 198 Å². The van der Waals surface area contributed by atoms with E-state index in [4.69, 9.17) is 0 Å². The number of para-hydroxylation sites is 2. The van der Waals surface area contributed by atoms with Gasteiger partial charge in [-0.1, -0.05) is 54.6 Å². The Morgan fingerprint density at radius 1 is 0.824 bits per heavy atom. The van der Waals surface area contributed by atoms with Crippen LogP contribution in [0.2, 0.25) is 0 Å². The Kier molecular flexibility index (Phi) is 5.79. The van der Waals surface area contributed by atoms with Crippen LogP contribution in [0.25, 0.3) is 0 Å². The molecule has 0 aliphatic carbocycles. The summed E-state index contributed by atoms with van der Waals surface area (Å²) < 4.78 is 0. The van der Waals surface area contributed by atoms with Crippen LogP contribution in [0, 0.1) is 0 Å². The van der Waals surface area contributed by atoms with Gasteiger partial charge in [-0.25, -0.2) is 4.98 Å². The summed E-state index contributed by atoms with van der Waals surface area (Å²) >= 11 is 0. The van der Waals surface area contributed by atoms with Gasteiger partial charge in [0.1, 0.15) is 5.82 Å². The van der Waals surface area contributed by atoms with Crippen LogP contribution in [-0.2, 0) is 13.0 Å². The zero-order valence-corrected chi connectivity index (χ0v) is 18.8. The number of hydrogen-bond donors (Lipinski definition) is 2. The molecule has 6 nitrogen and oxygen atoms in total. The van der Waals surface area contributed by atoms with Crippen molar-refractivity contribution in [1.29, 1.82) is 0 Å². The van der Waals surface area contributed by atoms with Gasteiger partial charge in [-0.15, -0.1) is 0 Å². The summed E-state index contributed by atoms with van der Waals surface area (Å²) in [4.78, 5) is 32.4. The molecule has 0 atom stereocenters. The lowest BCUT2D eigenvalue weighted by Gasteiger charge is -2.23. The Morgan fingerprint density at radius 3 is 2.29 bits per heavy atom. The van der Waals surface area contributed by atoms with Crippen LogP contribution >= 0.6 is 0 Å². The Bertz CT molecular complexity index is 1360. The summed E-state index contributed by atoms with van der Waals surface area (Å²) in [7, 11) is 1.77. The Hall–Kier alpha value is -4.45. The van der Waals surface area contributed by atoms with Crippen molar-refractivity contribution in [2.45, 2.75) is 13.0 Å². The number of benzene rings is 3.